The number of nitrogens with zero attached hydrogens (tertiary/aromatic N) is 2. The molecule has 0 bridgehead atoms. The average molecular weight is 259 g/mol. The van der Waals surface area contributed by atoms with Crippen LogP contribution in [0.5, 0.6) is 0 Å². The molecule has 0 aromatic heterocycles. The third-order valence-electron chi connectivity index (χ3n) is 4.04. The molecule has 102 valence electrons. The zero-order valence-corrected chi connectivity index (χ0v) is 11.4. The second-order valence-corrected chi connectivity index (χ2v) is 5.42. The Bertz CT molecular complexity index is 468. The van der Waals surface area contributed by atoms with Gasteiger partial charge in [-0.25, -0.2) is 0 Å². The van der Waals surface area contributed by atoms with Crippen molar-refractivity contribution in [2.75, 3.05) is 36.4 Å². The molecule has 0 aliphatic carbocycles. The van der Waals surface area contributed by atoms with Gasteiger partial charge in [0.05, 0.1) is 11.4 Å². The molecule has 1 fully saturated rings. The van der Waals surface area contributed by atoms with Crippen LogP contribution < -0.4 is 10.2 Å². The van der Waals surface area contributed by atoms with Crippen LogP contribution in [-0.4, -0.2) is 43.0 Å². The van der Waals surface area contributed by atoms with Crippen LogP contribution in [-0.2, 0) is 4.79 Å². The van der Waals surface area contributed by atoms with Gasteiger partial charge in [-0.3, -0.25) is 4.79 Å². The van der Waals surface area contributed by atoms with Gasteiger partial charge < -0.3 is 15.1 Å². The van der Waals surface area contributed by atoms with Gasteiger partial charge in [-0.2, -0.15) is 0 Å². The molecular weight excluding hydrogens is 238 g/mol. The number of anilines is 2. The van der Waals surface area contributed by atoms with Crippen LogP contribution in [0.25, 0.3) is 0 Å². The smallest absolute Gasteiger partial charge is 0.249 e. The molecule has 1 unspecified atom stereocenters. The largest absolute Gasteiger partial charge is 0.372 e. The predicted molar refractivity (Wildman–Crippen MR) is 77.6 cm³/mol. The summed E-state index contributed by atoms with van der Waals surface area (Å²) in [5.74, 6) is 0.179. The highest BCUT2D eigenvalue weighted by atomic mass is 16.2. The maximum atomic E-state index is 12.3. The lowest BCUT2D eigenvalue weighted by Crippen LogP contribution is -2.48. The number of amides is 1. The molecule has 4 heteroatoms. The first-order valence-corrected chi connectivity index (χ1v) is 7.15. The summed E-state index contributed by atoms with van der Waals surface area (Å²) in [4.78, 5) is 16.7. The van der Waals surface area contributed by atoms with Crippen molar-refractivity contribution < 1.29 is 4.79 Å². The van der Waals surface area contributed by atoms with Gasteiger partial charge in [-0.15, -0.1) is 0 Å². The molecule has 2 aliphatic heterocycles. The lowest BCUT2D eigenvalue weighted by molar-refractivity contribution is -0.119. The van der Waals surface area contributed by atoms with Crippen molar-refractivity contribution in [3.05, 3.63) is 24.3 Å². The van der Waals surface area contributed by atoms with Crippen molar-refractivity contribution in [3.63, 3.8) is 0 Å². The Labute approximate surface area is 114 Å². The molecule has 2 aliphatic rings. The highest BCUT2D eigenvalue weighted by Crippen LogP contribution is 2.30. The van der Waals surface area contributed by atoms with Gasteiger partial charge >= 0.3 is 0 Å². The molecule has 1 aromatic carbocycles. The van der Waals surface area contributed by atoms with Crippen LogP contribution in [0.2, 0.25) is 0 Å². The molecule has 1 atom stereocenters. The van der Waals surface area contributed by atoms with E-state index in [9.17, 15) is 4.79 Å². The molecule has 1 amide bonds. The summed E-state index contributed by atoms with van der Waals surface area (Å²) in [6.45, 7) is 6.06. The summed E-state index contributed by atoms with van der Waals surface area (Å²) in [5.41, 5.74) is 2.08. The molecule has 1 saturated heterocycles. The fourth-order valence-electron chi connectivity index (χ4n) is 2.96. The van der Waals surface area contributed by atoms with E-state index in [1.54, 1.807) is 0 Å². The van der Waals surface area contributed by atoms with Crippen LogP contribution >= 0.6 is 0 Å². The first kappa shape index (κ1) is 12.5. The predicted octanol–water partition coefficient (Wildman–Crippen LogP) is 1.93. The first-order chi connectivity index (χ1) is 9.25. The number of nitrogens with one attached hydrogen (secondary N) is 1. The SMILES string of the molecule is CC1Nc2ccccc2N(CCN2CCCC2)C1=O. The highest BCUT2D eigenvalue weighted by molar-refractivity contribution is 6.04. The van der Waals surface area contributed by atoms with E-state index < -0.39 is 0 Å². The van der Waals surface area contributed by atoms with E-state index in [-0.39, 0.29) is 11.9 Å². The highest BCUT2D eigenvalue weighted by Gasteiger charge is 2.29. The van der Waals surface area contributed by atoms with Gasteiger partial charge in [0.1, 0.15) is 6.04 Å². The standard InChI is InChI=1S/C15H21N3O/c1-12-15(19)18(11-10-17-8-4-5-9-17)14-7-3-2-6-13(14)16-12/h2-3,6-7,12,16H,4-5,8-11H2,1H3. The number of hydrogen-bond acceptors (Lipinski definition) is 3. The topological polar surface area (TPSA) is 35.6 Å². The fraction of sp³-hybridized carbons (Fsp3) is 0.533. The number of para-hydroxylation sites is 2. The van der Waals surface area contributed by atoms with E-state index in [0.29, 0.717) is 0 Å². The van der Waals surface area contributed by atoms with Crippen molar-refractivity contribution in [2.24, 2.45) is 0 Å². The number of hydrogen-bond donors (Lipinski definition) is 1. The third-order valence-corrected chi connectivity index (χ3v) is 4.04. The normalized spacial score (nSPS) is 23.3. The van der Waals surface area contributed by atoms with E-state index in [4.69, 9.17) is 0 Å². The zero-order valence-electron chi connectivity index (χ0n) is 11.4. The lowest BCUT2D eigenvalue weighted by atomic mass is 10.1. The molecule has 4 nitrogen and oxygen atoms in total. The summed E-state index contributed by atoms with van der Waals surface area (Å²) < 4.78 is 0. The number of carbonyl (C=O) groups is 1. The Morgan fingerprint density at radius 1 is 1.21 bits per heavy atom. The number of likely N-dealkylation sites (tertiary alicyclic amines) is 1. The van der Waals surface area contributed by atoms with Crippen LogP contribution in [0.1, 0.15) is 19.8 Å². The molecule has 19 heavy (non-hydrogen) atoms. The van der Waals surface area contributed by atoms with Gasteiger partial charge in [-0.1, -0.05) is 12.1 Å². The second kappa shape index (κ2) is 5.21. The van der Waals surface area contributed by atoms with E-state index in [1.165, 1.54) is 25.9 Å². The zero-order chi connectivity index (χ0) is 13.2. The minimum absolute atomic E-state index is 0.131. The quantitative estimate of drug-likeness (QED) is 0.901. The van der Waals surface area contributed by atoms with E-state index in [1.807, 2.05) is 36.1 Å². The van der Waals surface area contributed by atoms with E-state index in [0.717, 1.165) is 24.5 Å². The van der Waals surface area contributed by atoms with E-state index in [2.05, 4.69) is 10.2 Å². The summed E-state index contributed by atoms with van der Waals surface area (Å²) >= 11 is 0. The Hall–Kier alpha value is -1.55. The minimum Gasteiger partial charge on any atom is -0.372 e. The van der Waals surface area contributed by atoms with Crippen molar-refractivity contribution >= 4 is 17.3 Å². The number of benzene rings is 1. The van der Waals surface area contributed by atoms with Crippen LogP contribution in [0, 0.1) is 0 Å². The molecule has 1 N–H and O–H groups in total. The average Bonchev–Trinajstić information content (AvgIpc) is 2.92. The Kier molecular flexibility index (Phi) is 3.42. The molecule has 1 aromatic rings. The first-order valence-electron chi connectivity index (χ1n) is 7.15. The maximum absolute atomic E-state index is 12.3. The van der Waals surface area contributed by atoms with Gasteiger partial charge in [0.25, 0.3) is 0 Å². The van der Waals surface area contributed by atoms with Gasteiger partial charge in [0.15, 0.2) is 0 Å². The number of fused-ring (bicyclic) bond motifs is 1. The molecule has 2 heterocycles. The summed E-state index contributed by atoms with van der Waals surface area (Å²) in [6.07, 6.45) is 2.59. The Balaban J connectivity index is 1.76. The minimum atomic E-state index is -0.131. The number of carbonyl (C=O) groups excluding carboxylic acids is 1. The maximum Gasteiger partial charge on any atom is 0.249 e. The summed E-state index contributed by atoms with van der Waals surface area (Å²) in [5, 5.41) is 3.26. The Morgan fingerprint density at radius 3 is 2.74 bits per heavy atom. The summed E-state index contributed by atoms with van der Waals surface area (Å²) in [7, 11) is 0. The molecular formula is C15H21N3O. The third kappa shape index (κ3) is 2.45. The lowest BCUT2D eigenvalue weighted by Gasteiger charge is -2.34. The van der Waals surface area contributed by atoms with Crippen LogP contribution in [0.4, 0.5) is 11.4 Å². The van der Waals surface area contributed by atoms with Gasteiger partial charge in [0.2, 0.25) is 5.91 Å². The van der Waals surface area contributed by atoms with Crippen molar-refractivity contribution in [1.29, 1.82) is 0 Å². The van der Waals surface area contributed by atoms with Crippen molar-refractivity contribution in [2.45, 2.75) is 25.8 Å². The van der Waals surface area contributed by atoms with Crippen LogP contribution in [0.15, 0.2) is 24.3 Å². The summed E-state index contributed by atoms with van der Waals surface area (Å²) in [6, 6.07) is 7.94. The fourth-order valence-corrected chi connectivity index (χ4v) is 2.96. The van der Waals surface area contributed by atoms with Crippen molar-refractivity contribution in [3.8, 4) is 0 Å². The van der Waals surface area contributed by atoms with Crippen molar-refractivity contribution in [1.82, 2.24) is 4.90 Å². The molecule has 0 radical (unpaired) electrons. The van der Waals surface area contributed by atoms with E-state index >= 15 is 0 Å². The van der Waals surface area contributed by atoms with Crippen LogP contribution in [0.3, 0.4) is 0 Å². The second-order valence-electron chi connectivity index (χ2n) is 5.42. The van der Waals surface area contributed by atoms with Gasteiger partial charge in [-0.05, 0) is 45.0 Å². The molecule has 0 spiro atoms. The molecule has 3 rings (SSSR count). The molecule has 0 saturated carbocycles. The Morgan fingerprint density at radius 2 is 1.95 bits per heavy atom. The van der Waals surface area contributed by atoms with Gasteiger partial charge in [0, 0.05) is 13.1 Å². The monoisotopic (exact) mass is 259 g/mol. The number of rotatable bonds is 3.